The van der Waals surface area contributed by atoms with Crippen molar-refractivity contribution in [2.45, 2.75) is 20.0 Å². The van der Waals surface area contributed by atoms with Crippen LogP contribution in [-0.2, 0) is 0 Å². The zero-order chi connectivity index (χ0) is 9.84. The average Bonchev–Trinajstić information content (AvgIpc) is 2.08. The molecule has 1 atom stereocenters. The van der Waals surface area contributed by atoms with Crippen molar-refractivity contribution in [3.05, 3.63) is 29.6 Å². The van der Waals surface area contributed by atoms with Crippen LogP contribution in [0.1, 0.15) is 25.5 Å². The molecule has 0 spiro atoms. The molecule has 0 aliphatic carbocycles. The van der Waals surface area contributed by atoms with Gasteiger partial charge in [-0.2, -0.15) is 0 Å². The van der Waals surface area contributed by atoms with E-state index in [9.17, 15) is 9.50 Å². The molecule has 0 fully saturated rings. The van der Waals surface area contributed by atoms with Crippen molar-refractivity contribution in [2.24, 2.45) is 0 Å². The number of aliphatic hydroxyl groups is 1. The van der Waals surface area contributed by atoms with Crippen molar-refractivity contribution in [1.29, 1.82) is 0 Å². The van der Waals surface area contributed by atoms with Gasteiger partial charge in [-0.3, -0.25) is 0 Å². The predicted molar refractivity (Wildman–Crippen MR) is 48.2 cm³/mol. The van der Waals surface area contributed by atoms with Gasteiger partial charge in [0.05, 0.1) is 12.7 Å². The number of rotatable bonds is 3. The molecular formula is C10H13FO2. The Morgan fingerprint density at radius 1 is 1.54 bits per heavy atom. The summed E-state index contributed by atoms with van der Waals surface area (Å²) in [7, 11) is 0. The smallest absolute Gasteiger partial charge is 0.125 e. The maximum Gasteiger partial charge on any atom is 0.125 e. The van der Waals surface area contributed by atoms with E-state index in [1.54, 1.807) is 6.92 Å². The Bertz CT molecular complexity index is 284. The van der Waals surface area contributed by atoms with Crippen LogP contribution in [-0.4, -0.2) is 11.7 Å². The molecule has 0 aliphatic rings. The number of benzene rings is 1. The normalized spacial score (nSPS) is 12.6. The standard InChI is InChI=1S/C10H13FO2/c1-3-13-10-5-4-8(11)6-9(10)7(2)12/h4-7,12H,3H2,1-2H3/t7-/m0/s1. The number of halogens is 1. The van der Waals surface area contributed by atoms with Gasteiger partial charge in [-0.25, -0.2) is 4.39 Å². The van der Waals surface area contributed by atoms with Gasteiger partial charge in [-0.05, 0) is 32.0 Å². The predicted octanol–water partition coefficient (Wildman–Crippen LogP) is 2.28. The molecule has 1 N–H and O–H groups in total. The fourth-order valence-electron chi connectivity index (χ4n) is 1.13. The lowest BCUT2D eigenvalue weighted by molar-refractivity contribution is 0.191. The van der Waals surface area contributed by atoms with Crippen LogP contribution < -0.4 is 4.74 Å². The lowest BCUT2D eigenvalue weighted by Gasteiger charge is -2.11. The third-order valence-corrected chi connectivity index (χ3v) is 1.72. The van der Waals surface area contributed by atoms with E-state index in [-0.39, 0.29) is 5.82 Å². The highest BCUT2D eigenvalue weighted by atomic mass is 19.1. The molecule has 0 heterocycles. The molecule has 2 nitrogen and oxygen atoms in total. The molecule has 13 heavy (non-hydrogen) atoms. The minimum absolute atomic E-state index is 0.362. The van der Waals surface area contributed by atoms with E-state index in [1.165, 1.54) is 18.2 Å². The second-order valence-corrected chi connectivity index (χ2v) is 2.79. The number of ether oxygens (including phenoxy) is 1. The largest absolute Gasteiger partial charge is 0.493 e. The van der Waals surface area contributed by atoms with E-state index >= 15 is 0 Å². The Morgan fingerprint density at radius 3 is 2.77 bits per heavy atom. The molecule has 0 aromatic heterocycles. The van der Waals surface area contributed by atoms with Gasteiger partial charge in [0, 0.05) is 5.56 Å². The first-order chi connectivity index (χ1) is 6.15. The van der Waals surface area contributed by atoms with Crippen LogP contribution in [0.4, 0.5) is 4.39 Å². The van der Waals surface area contributed by atoms with Gasteiger partial charge in [-0.1, -0.05) is 0 Å². The van der Waals surface area contributed by atoms with Crippen molar-refractivity contribution in [1.82, 2.24) is 0 Å². The highest BCUT2D eigenvalue weighted by molar-refractivity contribution is 5.35. The van der Waals surface area contributed by atoms with Crippen molar-refractivity contribution < 1.29 is 14.2 Å². The molecule has 0 radical (unpaired) electrons. The molecule has 0 bridgehead atoms. The van der Waals surface area contributed by atoms with Crippen LogP contribution in [0, 0.1) is 5.82 Å². The van der Waals surface area contributed by atoms with Crippen LogP contribution in [0.25, 0.3) is 0 Å². The van der Waals surface area contributed by atoms with Crippen molar-refractivity contribution in [3.63, 3.8) is 0 Å². The fraction of sp³-hybridized carbons (Fsp3) is 0.400. The molecule has 0 aliphatic heterocycles. The second-order valence-electron chi connectivity index (χ2n) is 2.79. The molecule has 0 saturated carbocycles. The summed E-state index contributed by atoms with van der Waals surface area (Å²) in [6.45, 7) is 3.93. The van der Waals surface area contributed by atoms with Gasteiger partial charge in [0.15, 0.2) is 0 Å². The Balaban J connectivity index is 3.03. The summed E-state index contributed by atoms with van der Waals surface area (Å²) in [5.41, 5.74) is 0.488. The fourth-order valence-corrected chi connectivity index (χ4v) is 1.13. The molecule has 1 aromatic carbocycles. The topological polar surface area (TPSA) is 29.5 Å². The van der Waals surface area contributed by atoms with Crippen LogP contribution in [0.2, 0.25) is 0 Å². The van der Waals surface area contributed by atoms with E-state index in [0.717, 1.165) is 0 Å². The lowest BCUT2D eigenvalue weighted by atomic mass is 10.1. The minimum atomic E-state index is -0.711. The molecule has 3 heteroatoms. The summed E-state index contributed by atoms with van der Waals surface area (Å²) < 4.78 is 18.0. The van der Waals surface area contributed by atoms with Crippen molar-refractivity contribution in [3.8, 4) is 5.75 Å². The van der Waals surface area contributed by atoms with Gasteiger partial charge in [0.1, 0.15) is 11.6 Å². The molecule has 0 saturated heterocycles. The van der Waals surface area contributed by atoms with Crippen LogP contribution >= 0.6 is 0 Å². The monoisotopic (exact) mass is 184 g/mol. The molecule has 0 unspecified atom stereocenters. The first-order valence-corrected chi connectivity index (χ1v) is 4.25. The quantitative estimate of drug-likeness (QED) is 0.780. The number of hydrogen-bond acceptors (Lipinski definition) is 2. The van der Waals surface area contributed by atoms with Gasteiger partial charge >= 0.3 is 0 Å². The van der Waals surface area contributed by atoms with Gasteiger partial charge in [-0.15, -0.1) is 0 Å². The molecule has 0 amide bonds. The maximum atomic E-state index is 12.8. The average molecular weight is 184 g/mol. The summed E-state index contributed by atoms with van der Waals surface area (Å²) in [6, 6.07) is 4.13. The number of aliphatic hydroxyl groups excluding tert-OH is 1. The third-order valence-electron chi connectivity index (χ3n) is 1.72. The van der Waals surface area contributed by atoms with E-state index in [0.29, 0.717) is 17.9 Å². The maximum absolute atomic E-state index is 12.8. The van der Waals surface area contributed by atoms with Crippen LogP contribution in [0.15, 0.2) is 18.2 Å². The highest BCUT2D eigenvalue weighted by Crippen LogP contribution is 2.25. The summed E-state index contributed by atoms with van der Waals surface area (Å²) in [4.78, 5) is 0. The second kappa shape index (κ2) is 4.23. The Labute approximate surface area is 77.0 Å². The zero-order valence-corrected chi connectivity index (χ0v) is 7.75. The summed E-state index contributed by atoms with van der Waals surface area (Å²) >= 11 is 0. The van der Waals surface area contributed by atoms with Gasteiger partial charge < -0.3 is 9.84 Å². The summed E-state index contributed by atoms with van der Waals surface area (Å²) in [5.74, 6) is 0.179. The summed E-state index contributed by atoms with van der Waals surface area (Å²) in [6.07, 6.45) is -0.711. The first-order valence-electron chi connectivity index (χ1n) is 4.25. The highest BCUT2D eigenvalue weighted by Gasteiger charge is 2.09. The lowest BCUT2D eigenvalue weighted by Crippen LogP contribution is -2.00. The SMILES string of the molecule is CCOc1ccc(F)cc1[C@H](C)O. The Morgan fingerprint density at radius 2 is 2.23 bits per heavy atom. The third kappa shape index (κ3) is 2.42. The molecule has 1 aromatic rings. The molecule has 72 valence electrons. The molecule has 1 rings (SSSR count). The van der Waals surface area contributed by atoms with E-state index in [1.807, 2.05) is 6.92 Å². The number of hydrogen-bond donors (Lipinski definition) is 1. The van der Waals surface area contributed by atoms with Crippen molar-refractivity contribution >= 4 is 0 Å². The Hall–Kier alpha value is -1.09. The van der Waals surface area contributed by atoms with Crippen LogP contribution in [0.3, 0.4) is 0 Å². The van der Waals surface area contributed by atoms with Gasteiger partial charge in [0.25, 0.3) is 0 Å². The zero-order valence-electron chi connectivity index (χ0n) is 7.75. The Kier molecular flexibility index (Phi) is 3.25. The van der Waals surface area contributed by atoms with Crippen molar-refractivity contribution in [2.75, 3.05) is 6.61 Å². The van der Waals surface area contributed by atoms with E-state index in [4.69, 9.17) is 4.74 Å². The van der Waals surface area contributed by atoms with Gasteiger partial charge in [0.2, 0.25) is 0 Å². The van der Waals surface area contributed by atoms with E-state index < -0.39 is 6.10 Å². The summed E-state index contributed by atoms with van der Waals surface area (Å²) in [5, 5.41) is 9.31. The van der Waals surface area contributed by atoms with E-state index in [2.05, 4.69) is 0 Å². The molecular weight excluding hydrogens is 171 g/mol. The van der Waals surface area contributed by atoms with Crippen LogP contribution in [0.5, 0.6) is 5.75 Å². The minimum Gasteiger partial charge on any atom is -0.493 e. The first kappa shape index (κ1) is 9.99.